The van der Waals surface area contributed by atoms with E-state index in [1.807, 2.05) is 56.9 Å². The van der Waals surface area contributed by atoms with E-state index in [4.69, 9.17) is 9.73 Å². The highest BCUT2D eigenvalue weighted by atomic mass is 19.3. The molecule has 0 atom stereocenters. The topological polar surface area (TPSA) is 48.9 Å². The van der Waals surface area contributed by atoms with Crippen molar-refractivity contribution in [2.45, 2.75) is 65.1 Å². The van der Waals surface area contributed by atoms with Crippen molar-refractivity contribution in [2.75, 3.05) is 26.2 Å². The molecule has 1 aromatic carbocycles. The Morgan fingerprint density at radius 1 is 1.25 bits per heavy atom. The molecule has 0 amide bonds. The molecule has 0 unspecified atom stereocenters. The standard InChI is InChI=1S/C21H34F2N4O/c1-5-24-20(26-17-10-12-27(13-11-17)15-19(22)23)25-14-16-8-6-7-9-18(16)28-21(2,3)4/h6-9,17,19H,5,10-15H2,1-4H3,(H2,24,25,26). The smallest absolute Gasteiger partial charge is 0.251 e. The van der Waals surface area contributed by atoms with Gasteiger partial charge in [-0.05, 0) is 46.6 Å². The monoisotopic (exact) mass is 396 g/mol. The molecule has 5 nitrogen and oxygen atoms in total. The molecule has 0 aliphatic carbocycles. The number of piperidine rings is 1. The number of likely N-dealkylation sites (tertiary alicyclic amines) is 1. The fourth-order valence-electron chi connectivity index (χ4n) is 3.20. The zero-order valence-electron chi connectivity index (χ0n) is 17.5. The zero-order valence-corrected chi connectivity index (χ0v) is 17.5. The van der Waals surface area contributed by atoms with Crippen LogP contribution in [-0.4, -0.2) is 55.1 Å². The minimum Gasteiger partial charge on any atom is -0.488 e. The molecule has 1 saturated heterocycles. The molecule has 1 fully saturated rings. The summed E-state index contributed by atoms with van der Waals surface area (Å²) in [6.45, 7) is 10.6. The Labute approximate surface area is 167 Å². The Morgan fingerprint density at radius 3 is 2.54 bits per heavy atom. The van der Waals surface area contributed by atoms with Crippen LogP contribution in [0.5, 0.6) is 5.75 Å². The van der Waals surface area contributed by atoms with Crippen molar-refractivity contribution in [2.24, 2.45) is 4.99 Å². The number of alkyl halides is 2. The first kappa shape index (κ1) is 22.4. The maximum Gasteiger partial charge on any atom is 0.251 e. The number of nitrogens with one attached hydrogen (secondary N) is 2. The van der Waals surface area contributed by atoms with Crippen molar-refractivity contribution >= 4 is 5.96 Å². The van der Waals surface area contributed by atoms with Crippen LogP contribution >= 0.6 is 0 Å². The molecule has 7 heteroatoms. The van der Waals surface area contributed by atoms with Crippen LogP contribution in [0.15, 0.2) is 29.3 Å². The van der Waals surface area contributed by atoms with E-state index in [-0.39, 0.29) is 18.2 Å². The maximum atomic E-state index is 12.5. The van der Waals surface area contributed by atoms with Gasteiger partial charge in [0.25, 0.3) is 6.43 Å². The Bertz CT molecular complexity index is 623. The van der Waals surface area contributed by atoms with Crippen LogP contribution in [0.2, 0.25) is 0 Å². The number of hydrogen-bond donors (Lipinski definition) is 2. The number of para-hydroxylation sites is 1. The molecular formula is C21H34F2N4O. The number of rotatable bonds is 7. The summed E-state index contributed by atoms with van der Waals surface area (Å²) < 4.78 is 31.1. The van der Waals surface area contributed by atoms with E-state index in [0.29, 0.717) is 19.6 Å². The van der Waals surface area contributed by atoms with Gasteiger partial charge in [-0.25, -0.2) is 13.8 Å². The second kappa shape index (κ2) is 10.6. The van der Waals surface area contributed by atoms with Crippen molar-refractivity contribution in [3.8, 4) is 5.75 Å². The average Bonchev–Trinajstić information content (AvgIpc) is 2.61. The molecule has 158 valence electrons. The summed E-state index contributed by atoms with van der Waals surface area (Å²) in [6.07, 6.45) is -0.597. The van der Waals surface area contributed by atoms with E-state index in [2.05, 4.69) is 10.6 Å². The largest absolute Gasteiger partial charge is 0.488 e. The van der Waals surface area contributed by atoms with Crippen LogP contribution in [-0.2, 0) is 6.54 Å². The highest BCUT2D eigenvalue weighted by molar-refractivity contribution is 5.80. The Balaban J connectivity index is 1.96. The highest BCUT2D eigenvalue weighted by Gasteiger charge is 2.22. The first-order chi connectivity index (χ1) is 13.3. The lowest BCUT2D eigenvalue weighted by Gasteiger charge is -2.32. The third kappa shape index (κ3) is 8.00. The number of nitrogens with zero attached hydrogens (tertiary/aromatic N) is 2. The van der Waals surface area contributed by atoms with Crippen molar-refractivity contribution in [1.82, 2.24) is 15.5 Å². The summed E-state index contributed by atoms with van der Waals surface area (Å²) in [6, 6.07) is 8.18. The van der Waals surface area contributed by atoms with Gasteiger partial charge in [-0.15, -0.1) is 0 Å². The summed E-state index contributed by atoms with van der Waals surface area (Å²) in [5, 5.41) is 6.73. The number of benzene rings is 1. The van der Waals surface area contributed by atoms with Crippen LogP contribution in [0.1, 0.15) is 46.1 Å². The van der Waals surface area contributed by atoms with Gasteiger partial charge in [-0.3, -0.25) is 4.90 Å². The lowest BCUT2D eigenvalue weighted by atomic mass is 10.1. The molecule has 0 saturated carbocycles. The SMILES string of the molecule is CCNC(=NCc1ccccc1OC(C)(C)C)NC1CCN(CC(F)F)CC1. The van der Waals surface area contributed by atoms with Gasteiger partial charge in [0.2, 0.25) is 0 Å². The Morgan fingerprint density at radius 2 is 1.93 bits per heavy atom. The summed E-state index contributed by atoms with van der Waals surface area (Å²) in [7, 11) is 0. The molecule has 1 aromatic rings. The van der Waals surface area contributed by atoms with Crippen LogP contribution in [0.3, 0.4) is 0 Å². The molecule has 1 aliphatic rings. The summed E-state index contributed by atoms with van der Waals surface area (Å²) >= 11 is 0. The molecule has 2 rings (SSSR count). The second-order valence-corrected chi connectivity index (χ2v) is 8.13. The van der Waals surface area contributed by atoms with E-state index >= 15 is 0 Å². The van der Waals surface area contributed by atoms with Crippen LogP contribution in [0, 0.1) is 0 Å². The molecule has 2 N–H and O–H groups in total. The van der Waals surface area contributed by atoms with E-state index in [1.54, 1.807) is 0 Å². The maximum absolute atomic E-state index is 12.5. The van der Waals surface area contributed by atoms with Gasteiger partial charge >= 0.3 is 0 Å². The summed E-state index contributed by atoms with van der Waals surface area (Å²) in [5.41, 5.74) is 0.760. The lowest BCUT2D eigenvalue weighted by molar-refractivity contribution is 0.0744. The first-order valence-electron chi connectivity index (χ1n) is 10.1. The van der Waals surface area contributed by atoms with Gasteiger partial charge in [-0.1, -0.05) is 18.2 Å². The molecule has 0 radical (unpaired) electrons. The second-order valence-electron chi connectivity index (χ2n) is 8.13. The van der Waals surface area contributed by atoms with Crippen molar-refractivity contribution in [3.63, 3.8) is 0 Å². The van der Waals surface area contributed by atoms with Gasteiger partial charge in [0.05, 0.1) is 13.1 Å². The van der Waals surface area contributed by atoms with Crippen LogP contribution in [0.4, 0.5) is 8.78 Å². The molecule has 28 heavy (non-hydrogen) atoms. The zero-order chi connectivity index (χ0) is 20.6. The number of ether oxygens (including phenoxy) is 1. The van der Waals surface area contributed by atoms with Crippen molar-refractivity contribution in [3.05, 3.63) is 29.8 Å². The van der Waals surface area contributed by atoms with Gasteiger partial charge in [0.15, 0.2) is 5.96 Å². The van der Waals surface area contributed by atoms with E-state index < -0.39 is 6.43 Å². The van der Waals surface area contributed by atoms with E-state index in [9.17, 15) is 8.78 Å². The lowest BCUT2D eigenvalue weighted by Crippen LogP contribution is -2.49. The minimum absolute atomic E-state index is 0.133. The number of halogens is 2. The van der Waals surface area contributed by atoms with Crippen LogP contribution < -0.4 is 15.4 Å². The molecule has 0 aromatic heterocycles. The third-order valence-electron chi connectivity index (χ3n) is 4.47. The Hall–Kier alpha value is -1.89. The van der Waals surface area contributed by atoms with Crippen LogP contribution in [0.25, 0.3) is 0 Å². The average molecular weight is 397 g/mol. The quantitative estimate of drug-likeness (QED) is 0.546. The molecule has 0 spiro atoms. The summed E-state index contributed by atoms with van der Waals surface area (Å²) in [5.74, 6) is 1.59. The predicted octanol–water partition coefficient (Wildman–Crippen LogP) is 3.65. The first-order valence-corrected chi connectivity index (χ1v) is 10.1. The minimum atomic E-state index is -2.27. The van der Waals surface area contributed by atoms with Crippen molar-refractivity contribution in [1.29, 1.82) is 0 Å². The predicted molar refractivity (Wildman–Crippen MR) is 110 cm³/mol. The van der Waals surface area contributed by atoms with Gasteiger partial charge in [0, 0.05) is 31.2 Å². The van der Waals surface area contributed by atoms with Gasteiger partial charge < -0.3 is 15.4 Å². The fourth-order valence-corrected chi connectivity index (χ4v) is 3.20. The molecule has 1 heterocycles. The number of aliphatic imine (C=N–C) groups is 1. The Kier molecular flexibility index (Phi) is 8.48. The number of guanidine groups is 1. The number of hydrogen-bond acceptors (Lipinski definition) is 3. The van der Waals surface area contributed by atoms with Gasteiger partial charge in [0.1, 0.15) is 11.4 Å². The van der Waals surface area contributed by atoms with Crippen molar-refractivity contribution < 1.29 is 13.5 Å². The molecule has 0 bridgehead atoms. The third-order valence-corrected chi connectivity index (χ3v) is 4.47. The highest BCUT2D eigenvalue weighted by Crippen LogP contribution is 2.23. The van der Waals surface area contributed by atoms with E-state index in [0.717, 1.165) is 36.7 Å². The molecule has 1 aliphatic heterocycles. The fraction of sp³-hybridized carbons (Fsp3) is 0.667. The summed E-state index contributed by atoms with van der Waals surface area (Å²) in [4.78, 5) is 6.54. The normalized spacial score (nSPS) is 17.0. The van der Waals surface area contributed by atoms with E-state index in [1.165, 1.54) is 0 Å². The van der Waals surface area contributed by atoms with Gasteiger partial charge in [-0.2, -0.15) is 0 Å². The molecular weight excluding hydrogens is 362 g/mol.